The molecule has 1 aliphatic carbocycles. The fourth-order valence-corrected chi connectivity index (χ4v) is 2.13. The molecule has 5 nitrogen and oxygen atoms in total. The highest BCUT2D eigenvalue weighted by Crippen LogP contribution is 2.24. The standard InChI is InChI=1S/C12H19N3O2/c1-3-17-12-8-13-7-11(15-12)14-9-4-5-10(6-9)16-2/h7-10H,3-6H2,1-2H3,(H,14,15). The number of rotatable bonds is 5. The van der Waals surface area contributed by atoms with E-state index in [0.717, 1.165) is 25.1 Å². The highest BCUT2D eigenvalue weighted by atomic mass is 16.5. The molecular weight excluding hydrogens is 218 g/mol. The maximum absolute atomic E-state index is 5.34. The average Bonchev–Trinajstić information content (AvgIpc) is 2.78. The van der Waals surface area contributed by atoms with Crippen molar-refractivity contribution in [2.24, 2.45) is 0 Å². The van der Waals surface area contributed by atoms with Gasteiger partial charge in [0.15, 0.2) is 0 Å². The number of ether oxygens (including phenoxy) is 2. The molecule has 5 heteroatoms. The van der Waals surface area contributed by atoms with Crippen LogP contribution < -0.4 is 10.1 Å². The summed E-state index contributed by atoms with van der Waals surface area (Å²) in [6, 6.07) is 0.422. The van der Waals surface area contributed by atoms with E-state index in [2.05, 4.69) is 15.3 Å². The van der Waals surface area contributed by atoms with E-state index in [0.29, 0.717) is 24.6 Å². The number of hydrogen-bond acceptors (Lipinski definition) is 5. The zero-order valence-electron chi connectivity index (χ0n) is 10.3. The Labute approximate surface area is 102 Å². The number of hydrogen-bond donors (Lipinski definition) is 1. The van der Waals surface area contributed by atoms with E-state index < -0.39 is 0 Å². The SMILES string of the molecule is CCOc1cncc(NC2CCC(OC)C2)n1. The molecule has 1 aromatic heterocycles. The first-order valence-electron chi connectivity index (χ1n) is 6.06. The fraction of sp³-hybridized carbons (Fsp3) is 0.667. The molecule has 1 aromatic rings. The van der Waals surface area contributed by atoms with E-state index >= 15 is 0 Å². The van der Waals surface area contributed by atoms with Gasteiger partial charge in [0, 0.05) is 13.2 Å². The molecular formula is C12H19N3O2. The van der Waals surface area contributed by atoms with Gasteiger partial charge >= 0.3 is 0 Å². The van der Waals surface area contributed by atoms with Gasteiger partial charge in [-0.05, 0) is 26.2 Å². The summed E-state index contributed by atoms with van der Waals surface area (Å²) in [6.07, 6.45) is 6.96. The maximum Gasteiger partial charge on any atom is 0.234 e. The predicted molar refractivity (Wildman–Crippen MR) is 65.3 cm³/mol. The van der Waals surface area contributed by atoms with Crippen LogP contribution in [0.4, 0.5) is 5.82 Å². The largest absolute Gasteiger partial charge is 0.477 e. The van der Waals surface area contributed by atoms with E-state index in [4.69, 9.17) is 9.47 Å². The van der Waals surface area contributed by atoms with Crippen LogP contribution in [0, 0.1) is 0 Å². The van der Waals surface area contributed by atoms with Crippen molar-refractivity contribution in [3.63, 3.8) is 0 Å². The molecule has 1 aliphatic rings. The normalized spacial score (nSPS) is 23.6. The fourth-order valence-electron chi connectivity index (χ4n) is 2.13. The maximum atomic E-state index is 5.34. The number of nitrogens with zero attached hydrogens (tertiary/aromatic N) is 2. The van der Waals surface area contributed by atoms with Gasteiger partial charge in [-0.3, -0.25) is 4.98 Å². The van der Waals surface area contributed by atoms with Crippen LogP contribution in [0.5, 0.6) is 5.88 Å². The minimum absolute atomic E-state index is 0.371. The monoisotopic (exact) mass is 237 g/mol. The molecule has 0 bridgehead atoms. The molecule has 0 amide bonds. The van der Waals surface area contributed by atoms with Gasteiger partial charge in [0.05, 0.1) is 25.1 Å². The minimum Gasteiger partial charge on any atom is -0.477 e. The molecule has 0 spiro atoms. The predicted octanol–water partition coefficient (Wildman–Crippen LogP) is 1.85. The van der Waals surface area contributed by atoms with Gasteiger partial charge in [0.2, 0.25) is 5.88 Å². The lowest BCUT2D eigenvalue weighted by Gasteiger charge is -2.13. The number of anilines is 1. The lowest BCUT2D eigenvalue weighted by atomic mass is 10.2. The van der Waals surface area contributed by atoms with Gasteiger partial charge in [-0.2, -0.15) is 4.98 Å². The minimum atomic E-state index is 0.371. The summed E-state index contributed by atoms with van der Waals surface area (Å²) in [7, 11) is 1.77. The van der Waals surface area contributed by atoms with E-state index in [1.54, 1.807) is 19.5 Å². The van der Waals surface area contributed by atoms with Gasteiger partial charge in [0.1, 0.15) is 5.82 Å². The summed E-state index contributed by atoms with van der Waals surface area (Å²) in [5.41, 5.74) is 0. The van der Waals surface area contributed by atoms with Gasteiger partial charge < -0.3 is 14.8 Å². The summed E-state index contributed by atoms with van der Waals surface area (Å²) in [5, 5.41) is 3.37. The molecule has 1 N–H and O–H groups in total. The quantitative estimate of drug-likeness (QED) is 0.847. The summed E-state index contributed by atoms with van der Waals surface area (Å²) < 4.78 is 10.7. The molecule has 0 aliphatic heterocycles. The van der Waals surface area contributed by atoms with Gasteiger partial charge in [0.25, 0.3) is 0 Å². The number of aromatic nitrogens is 2. The molecule has 1 fully saturated rings. The average molecular weight is 237 g/mol. The third-order valence-electron chi connectivity index (χ3n) is 2.97. The Balaban J connectivity index is 1.92. The zero-order valence-corrected chi connectivity index (χ0v) is 10.3. The zero-order chi connectivity index (χ0) is 12.1. The van der Waals surface area contributed by atoms with Crippen LogP contribution in [0.3, 0.4) is 0 Å². The Bertz CT molecular complexity index is 359. The molecule has 2 atom stereocenters. The van der Waals surface area contributed by atoms with Crippen molar-refractivity contribution >= 4 is 5.82 Å². The lowest BCUT2D eigenvalue weighted by molar-refractivity contribution is 0.108. The van der Waals surface area contributed by atoms with Crippen molar-refractivity contribution < 1.29 is 9.47 Å². The van der Waals surface area contributed by atoms with Crippen molar-refractivity contribution in [2.75, 3.05) is 19.0 Å². The molecule has 0 aromatic carbocycles. The van der Waals surface area contributed by atoms with E-state index in [-0.39, 0.29) is 0 Å². The molecule has 2 rings (SSSR count). The van der Waals surface area contributed by atoms with E-state index in [1.807, 2.05) is 6.92 Å². The van der Waals surface area contributed by atoms with Gasteiger partial charge in [-0.25, -0.2) is 0 Å². The lowest BCUT2D eigenvalue weighted by Crippen LogP contribution is -2.18. The van der Waals surface area contributed by atoms with Crippen LogP contribution in [-0.2, 0) is 4.74 Å². The van der Waals surface area contributed by atoms with Crippen LogP contribution in [0.25, 0.3) is 0 Å². The van der Waals surface area contributed by atoms with Crippen LogP contribution in [-0.4, -0.2) is 35.8 Å². The van der Waals surface area contributed by atoms with Crippen molar-refractivity contribution in [3.8, 4) is 5.88 Å². The topological polar surface area (TPSA) is 56.3 Å². The summed E-state index contributed by atoms with van der Waals surface area (Å²) in [4.78, 5) is 8.44. The highest BCUT2D eigenvalue weighted by molar-refractivity contribution is 5.34. The summed E-state index contributed by atoms with van der Waals surface area (Å²) >= 11 is 0. The van der Waals surface area contributed by atoms with Crippen LogP contribution >= 0.6 is 0 Å². The van der Waals surface area contributed by atoms with Gasteiger partial charge in [-0.1, -0.05) is 0 Å². The first-order chi connectivity index (χ1) is 8.31. The third kappa shape index (κ3) is 3.30. The summed E-state index contributed by atoms with van der Waals surface area (Å²) in [5.74, 6) is 1.34. The molecule has 2 unspecified atom stereocenters. The Morgan fingerprint density at radius 1 is 1.41 bits per heavy atom. The Morgan fingerprint density at radius 3 is 3.00 bits per heavy atom. The molecule has 17 heavy (non-hydrogen) atoms. The molecule has 1 saturated carbocycles. The van der Waals surface area contributed by atoms with Crippen LogP contribution in [0.1, 0.15) is 26.2 Å². The van der Waals surface area contributed by atoms with E-state index in [9.17, 15) is 0 Å². The molecule has 1 heterocycles. The highest BCUT2D eigenvalue weighted by Gasteiger charge is 2.24. The van der Waals surface area contributed by atoms with Crippen molar-refractivity contribution in [1.82, 2.24) is 9.97 Å². The first kappa shape index (κ1) is 12.1. The third-order valence-corrected chi connectivity index (χ3v) is 2.97. The van der Waals surface area contributed by atoms with Crippen LogP contribution in [0.15, 0.2) is 12.4 Å². The first-order valence-corrected chi connectivity index (χ1v) is 6.06. The second-order valence-electron chi connectivity index (χ2n) is 4.19. The molecule has 94 valence electrons. The second-order valence-corrected chi connectivity index (χ2v) is 4.19. The summed E-state index contributed by atoms with van der Waals surface area (Å²) in [6.45, 7) is 2.54. The van der Waals surface area contributed by atoms with Crippen molar-refractivity contribution in [1.29, 1.82) is 0 Å². The number of nitrogens with one attached hydrogen (secondary N) is 1. The Kier molecular flexibility index (Phi) is 4.14. The second kappa shape index (κ2) is 5.82. The smallest absolute Gasteiger partial charge is 0.234 e. The van der Waals surface area contributed by atoms with E-state index in [1.165, 1.54) is 0 Å². The van der Waals surface area contributed by atoms with Crippen molar-refractivity contribution in [3.05, 3.63) is 12.4 Å². The van der Waals surface area contributed by atoms with Crippen molar-refractivity contribution in [2.45, 2.75) is 38.3 Å². The molecule has 0 radical (unpaired) electrons. The van der Waals surface area contributed by atoms with Gasteiger partial charge in [-0.15, -0.1) is 0 Å². The Morgan fingerprint density at radius 2 is 2.29 bits per heavy atom. The van der Waals surface area contributed by atoms with Crippen LogP contribution in [0.2, 0.25) is 0 Å². The number of methoxy groups -OCH3 is 1. The molecule has 0 saturated heterocycles. The Hall–Kier alpha value is -1.36.